The third kappa shape index (κ3) is 3.89. The van der Waals surface area contributed by atoms with E-state index in [1.54, 1.807) is 6.07 Å². The van der Waals surface area contributed by atoms with Crippen molar-refractivity contribution in [2.45, 2.75) is 31.7 Å². The predicted octanol–water partition coefficient (Wildman–Crippen LogP) is 6.09. The Hall–Kier alpha value is -3.66. The molecule has 154 valence electrons. The van der Waals surface area contributed by atoms with Crippen LogP contribution in [0.15, 0.2) is 72.8 Å². The Bertz CT molecular complexity index is 1250. The van der Waals surface area contributed by atoms with Crippen molar-refractivity contribution in [3.63, 3.8) is 0 Å². The molecule has 0 bridgehead atoms. The summed E-state index contributed by atoms with van der Waals surface area (Å²) in [6.45, 7) is 0. The van der Waals surface area contributed by atoms with E-state index in [9.17, 15) is 4.79 Å². The van der Waals surface area contributed by atoms with Gasteiger partial charge in [0.25, 0.3) is 0 Å². The van der Waals surface area contributed by atoms with Crippen LogP contribution in [-0.4, -0.2) is 15.5 Å². The highest BCUT2D eigenvalue weighted by molar-refractivity contribution is 5.96. The number of imidazole rings is 1. The van der Waals surface area contributed by atoms with Gasteiger partial charge in [0.15, 0.2) is 0 Å². The largest absolute Gasteiger partial charge is 0.366 e. The highest BCUT2D eigenvalue weighted by Crippen LogP contribution is 2.37. The van der Waals surface area contributed by atoms with Gasteiger partial charge in [-0.3, -0.25) is 4.79 Å². The molecule has 0 radical (unpaired) electrons. The fourth-order valence-electron chi connectivity index (χ4n) is 4.49. The standard InChI is InChI=1S/C27H25N3O/c28-26(31)22-16-17-25-24(18-22)29-27(30(25)23-8-4-5-9-23)21-14-12-20(13-15-21)11-10-19-6-2-1-3-7-19/h1-3,6-7,10-18,23H,4-5,8-9H2,(H2,28,31). The summed E-state index contributed by atoms with van der Waals surface area (Å²) in [6, 6.07) is 24.9. The molecule has 0 aliphatic heterocycles. The Labute approximate surface area is 182 Å². The van der Waals surface area contributed by atoms with Crippen molar-refractivity contribution in [1.29, 1.82) is 0 Å². The molecule has 1 aliphatic carbocycles. The van der Waals surface area contributed by atoms with E-state index in [1.807, 2.05) is 30.3 Å². The van der Waals surface area contributed by atoms with E-state index < -0.39 is 5.91 Å². The van der Waals surface area contributed by atoms with Crippen molar-refractivity contribution >= 4 is 29.1 Å². The van der Waals surface area contributed by atoms with Crippen molar-refractivity contribution < 1.29 is 4.79 Å². The minimum absolute atomic E-state index is 0.423. The first-order chi connectivity index (χ1) is 15.2. The van der Waals surface area contributed by atoms with Crippen LogP contribution in [0.2, 0.25) is 0 Å². The summed E-state index contributed by atoms with van der Waals surface area (Å²) in [4.78, 5) is 16.6. The van der Waals surface area contributed by atoms with Gasteiger partial charge in [0.1, 0.15) is 5.82 Å². The van der Waals surface area contributed by atoms with Crippen LogP contribution < -0.4 is 5.73 Å². The molecule has 0 saturated heterocycles. The zero-order valence-electron chi connectivity index (χ0n) is 17.4. The van der Waals surface area contributed by atoms with Gasteiger partial charge in [0.05, 0.1) is 11.0 Å². The average Bonchev–Trinajstić information content (AvgIpc) is 3.46. The predicted molar refractivity (Wildman–Crippen MR) is 127 cm³/mol. The van der Waals surface area contributed by atoms with Crippen molar-refractivity contribution in [2.75, 3.05) is 0 Å². The average molecular weight is 408 g/mol. The van der Waals surface area contributed by atoms with Crippen LogP contribution in [0.25, 0.3) is 34.6 Å². The summed E-state index contributed by atoms with van der Waals surface area (Å²) in [5.41, 5.74) is 11.3. The number of carbonyl (C=O) groups excluding carboxylic acids is 1. The molecule has 1 fully saturated rings. The highest BCUT2D eigenvalue weighted by atomic mass is 16.1. The molecule has 0 atom stereocenters. The van der Waals surface area contributed by atoms with Crippen LogP contribution in [0.1, 0.15) is 53.2 Å². The minimum atomic E-state index is -0.423. The van der Waals surface area contributed by atoms with Gasteiger partial charge in [0, 0.05) is 17.2 Å². The van der Waals surface area contributed by atoms with Crippen molar-refractivity contribution in [3.8, 4) is 11.4 Å². The van der Waals surface area contributed by atoms with Crippen LogP contribution in [0.5, 0.6) is 0 Å². The molecule has 0 unspecified atom stereocenters. The Morgan fingerprint density at radius 1 is 0.903 bits per heavy atom. The normalized spacial score (nSPS) is 14.6. The Balaban J connectivity index is 1.53. The van der Waals surface area contributed by atoms with E-state index in [1.165, 1.54) is 18.4 Å². The van der Waals surface area contributed by atoms with Crippen LogP contribution in [-0.2, 0) is 0 Å². The highest BCUT2D eigenvalue weighted by Gasteiger charge is 2.23. The number of nitrogens with zero attached hydrogens (tertiary/aromatic N) is 2. The molecular formula is C27H25N3O. The quantitative estimate of drug-likeness (QED) is 0.407. The Kier molecular flexibility index (Phi) is 5.13. The zero-order valence-corrected chi connectivity index (χ0v) is 17.4. The lowest BCUT2D eigenvalue weighted by molar-refractivity contribution is 0.100. The summed E-state index contributed by atoms with van der Waals surface area (Å²) in [5, 5.41) is 0. The fourth-order valence-corrected chi connectivity index (χ4v) is 4.49. The molecular weight excluding hydrogens is 382 g/mol. The smallest absolute Gasteiger partial charge is 0.248 e. The summed E-state index contributed by atoms with van der Waals surface area (Å²) in [5.74, 6) is 0.538. The van der Waals surface area contributed by atoms with Gasteiger partial charge < -0.3 is 10.3 Å². The van der Waals surface area contributed by atoms with E-state index in [2.05, 4.69) is 53.1 Å². The van der Waals surface area contributed by atoms with Crippen LogP contribution >= 0.6 is 0 Å². The summed E-state index contributed by atoms with van der Waals surface area (Å²) >= 11 is 0. The monoisotopic (exact) mass is 407 g/mol. The number of carbonyl (C=O) groups is 1. The number of hydrogen-bond acceptors (Lipinski definition) is 2. The molecule has 4 nitrogen and oxygen atoms in total. The second-order valence-corrected chi connectivity index (χ2v) is 8.18. The van der Waals surface area contributed by atoms with E-state index in [4.69, 9.17) is 10.7 Å². The maximum Gasteiger partial charge on any atom is 0.248 e. The van der Waals surface area contributed by atoms with E-state index in [0.29, 0.717) is 11.6 Å². The van der Waals surface area contributed by atoms with Gasteiger partial charge in [-0.1, -0.05) is 79.6 Å². The maximum absolute atomic E-state index is 11.6. The lowest BCUT2D eigenvalue weighted by atomic mass is 10.1. The number of rotatable bonds is 5. The van der Waals surface area contributed by atoms with Gasteiger partial charge in [-0.15, -0.1) is 0 Å². The molecule has 4 heteroatoms. The van der Waals surface area contributed by atoms with Gasteiger partial charge in [-0.05, 0) is 42.2 Å². The number of fused-ring (bicyclic) bond motifs is 1. The van der Waals surface area contributed by atoms with Crippen LogP contribution in [0.4, 0.5) is 0 Å². The number of amides is 1. The molecule has 0 spiro atoms. The first kappa shape index (κ1) is 19.3. The van der Waals surface area contributed by atoms with Crippen LogP contribution in [0.3, 0.4) is 0 Å². The summed E-state index contributed by atoms with van der Waals surface area (Å²) in [6.07, 6.45) is 9.05. The van der Waals surface area contributed by atoms with Crippen molar-refractivity contribution in [1.82, 2.24) is 9.55 Å². The van der Waals surface area contributed by atoms with Crippen LogP contribution in [0, 0.1) is 0 Å². The SMILES string of the molecule is NC(=O)c1ccc2c(c1)nc(-c1ccc(C=Cc3ccccc3)cc1)n2C1CCCC1. The summed E-state index contributed by atoms with van der Waals surface area (Å²) < 4.78 is 2.36. The summed E-state index contributed by atoms with van der Waals surface area (Å²) in [7, 11) is 0. The second-order valence-electron chi connectivity index (χ2n) is 8.18. The van der Waals surface area contributed by atoms with E-state index >= 15 is 0 Å². The van der Waals surface area contributed by atoms with Gasteiger partial charge >= 0.3 is 0 Å². The molecule has 5 rings (SSSR count). The van der Waals surface area contributed by atoms with E-state index in [-0.39, 0.29) is 0 Å². The number of aromatic nitrogens is 2. The van der Waals surface area contributed by atoms with Gasteiger partial charge in [-0.25, -0.2) is 4.98 Å². The number of primary amides is 1. The third-order valence-electron chi connectivity index (χ3n) is 6.10. The first-order valence-corrected chi connectivity index (χ1v) is 10.8. The van der Waals surface area contributed by atoms with Gasteiger partial charge in [0.2, 0.25) is 5.91 Å². The Morgan fingerprint density at radius 2 is 1.58 bits per heavy atom. The fraction of sp³-hybridized carbons (Fsp3) is 0.185. The topological polar surface area (TPSA) is 60.9 Å². The molecule has 4 aromatic rings. The molecule has 1 aromatic heterocycles. The van der Waals surface area contributed by atoms with Crippen molar-refractivity contribution in [3.05, 3.63) is 89.5 Å². The molecule has 1 amide bonds. The Morgan fingerprint density at radius 3 is 2.26 bits per heavy atom. The molecule has 1 saturated carbocycles. The number of benzene rings is 3. The minimum Gasteiger partial charge on any atom is -0.366 e. The lowest BCUT2D eigenvalue weighted by Crippen LogP contribution is -2.10. The van der Waals surface area contributed by atoms with Gasteiger partial charge in [-0.2, -0.15) is 0 Å². The molecule has 1 heterocycles. The molecule has 3 aromatic carbocycles. The second kappa shape index (κ2) is 8.23. The molecule has 31 heavy (non-hydrogen) atoms. The van der Waals surface area contributed by atoms with E-state index in [0.717, 1.165) is 40.8 Å². The first-order valence-electron chi connectivity index (χ1n) is 10.8. The maximum atomic E-state index is 11.6. The molecule has 2 N–H and O–H groups in total. The third-order valence-corrected chi connectivity index (χ3v) is 6.10. The number of nitrogens with two attached hydrogens (primary N) is 1. The number of hydrogen-bond donors (Lipinski definition) is 1. The lowest BCUT2D eigenvalue weighted by Gasteiger charge is -2.16. The molecule has 1 aliphatic rings. The zero-order chi connectivity index (χ0) is 21.2. The van der Waals surface area contributed by atoms with Crippen molar-refractivity contribution in [2.24, 2.45) is 5.73 Å².